The van der Waals surface area contributed by atoms with Crippen LogP contribution in [0.2, 0.25) is 0 Å². The second kappa shape index (κ2) is 7.24. The van der Waals surface area contributed by atoms with Crippen LogP contribution in [0, 0.1) is 0 Å². The maximum atomic E-state index is 12.2. The summed E-state index contributed by atoms with van der Waals surface area (Å²) in [5, 5.41) is 14.1. The Kier molecular flexibility index (Phi) is 5.10. The van der Waals surface area contributed by atoms with Gasteiger partial charge < -0.3 is 10.0 Å². The number of aromatic nitrogens is 2. The van der Waals surface area contributed by atoms with Crippen molar-refractivity contribution in [2.24, 2.45) is 0 Å². The molecule has 2 heterocycles. The normalized spacial score (nSPS) is 26.5. The zero-order valence-corrected chi connectivity index (χ0v) is 13.1. The second-order valence-corrected chi connectivity index (χ2v) is 6.36. The zero-order valence-electron chi connectivity index (χ0n) is 13.1. The third-order valence-corrected chi connectivity index (χ3v) is 4.92. The molecule has 1 aromatic rings. The van der Waals surface area contributed by atoms with Crippen LogP contribution in [-0.2, 0) is 11.3 Å². The Balaban J connectivity index is 1.38. The first-order valence-corrected chi connectivity index (χ1v) is 8.41. The average molecular weight is 306 g/mol. The molecule has 2 atom stereocenters. The van der Waals surface area contributed by atoms with E-state index in [0.717, 1.165) is 58.4 Å². The highest BCUT2D eigenvalue weighted by atomic mass is 16.3. The third-order valence-electron chi connectivity index (χ3n) is 4.92. The van der Waals surface area contributed by atoms with Crippen LogP contribution in [0.1, 0.15) is 32.1 Å². The predicted molar refractivity (Wildman–Crippen MR) is 83.3 cm³/mol. The van der Waals surface area contributed by atoms with Gasteiger partial charge in [0.05, 0.1) is 6.10 Å². The summed E-state index contributed by atoms with van der Waals surface area (Å²) in [6.07, 6.45) is 8.09. The fourth-order valence-corrected chi connectivity index (χ4v) is 3.63. The highest BCUT2D eigenvalue weighted by molar-refractivity contribution is 5.76. The Hall–Kier alpha value is -1.40. The van der Waals surface area contributed by atoms with Crippen molar-refractivity contribution in [1.82, 2.24) is 19.6 Å². The second-order valence-electron chi connectivity index (χ2n) is 6.36. The van der Waals surface area contributed by atoms with Crippen LogP contribution in [0.15, 0.2) is 18.5 Å². The van der Waals surface area contributed by atoms with Crippen LogP contribution in [0.25, 0.3) is 0 Å². The monoisotopic (exact) mass is 306 g/mol. The molecule has 6 heteroatoms. The maximum Gasteiger partial charge on any atom is 0.222 e. The largest absolute Gasteiger partial charge is 0.391 e. The molecule has 0 aromatic carbocycles. The molecule has 0 bridgehead atoms. The number of carbonyl (C=O) groups is 1. The van der Waals surface area contributed by atoms with Crippen LogP contribution in [0.5, 0.6) is 0 Å². The van der Waals surface area contributed by atoms with E-state index in [1.807, 2.05) is 21.8 Å². The van der Waals surface area contributed by atoms with E-state index in [0.29, 0.717) is 12.5 Å². The molecule has 1 aromatic heterocycles. The molecule has 2 aliphatic rings. The van der Waals surface area contributed by atoms with Crippen molar-refractivity contribution in [3.63, 3.8) is 0 Å². The van der Waals surface area contributed by atoms with Crippen molar-refractivity contribution in [2.75, 3.05) is 26.2 Å². The van der Waals surface area contributed by atoms with Gasteiger partial charge in [0.2, 0.25) is 5.91 Å². The minimum Gasteiger partial charge on any atom is -0.391 e. The van der Waals surface area contributed by atoms with Crippen molar-refractivity contribution in [1.29, 1.82) is 0 Å². The molecule has 1 amide bonds. The highest BCUT2D eigenvalue weighted by Crippen LogP contribution is 2.25. The minimum absolute atomic E-state index is 0.170. The summed E-state index contributed by atoms with van der Waals surface area (Å²) in [6.45, 7) is 4.18. The van der Waals surface area contributed by atoms with Gasteiger partial charge in [0, 0.05) is 57.6 Å². The van der Waals surface area contributed by atoms with Crippen molar-refractivity contribution in [3.05, 3.63) is 18.5 Å². The van der Waals surface area contributed by atoms with Crippen molar-refractivity contribution in [3.8, 4) is 0 Å². The number of aryl methyl sites for hydroxylation is 1. The molecule has 1 saturated carbocycles. The van der Waals surface area contributed by atoms with Crippen LogP contribution in [-0.4, -0.2) is 68.9 Å². The molecule has 1 aliphatic heterocycles. The van der Waals surface area contributed by atoms with E-state index < -0.39 is 0 Å². The van der Waals surface area contributed by atoms with E-state index >= 15 is 0 Å². The lowest BCUT2D eigenvalue weighted by molar-refractivity contribution is -0.133. The highest BCUT2D eigenvalue weighted by Gasteiger charge is 2.33. The lowest BCUT2D eigenvalue weighted by atomic mass is 10.1. The van der Waals surface area contributed by atoms with Gasteiger partial charge in [0.25, 0.3) is 0 Å². The molecule has 6 nitrogen and oxygen atoms in total. The van der Waals surface area contributed by atoms with Gasteiger partial charge in [-0.2, -0.15) is 5.10 Å². The molecule has 0 unspecified atom stereocenters. The Morgan fingerprint density at radius 1 is 1.23 bits per heavy atom. The first kappa shape index (κ1) is 15.5. The van der Waals surface area contributed by atoms with Gasteiger partial charge in [0.15, 0.2) is 0 Å². The molecule has 22 heavy (non-hydrogen) atoms. The number of hydrogen-bond donors (Lipinski definition) is 1. The third kappa shape index (κ3) is 3.67. The first-order valence-electron chi connectivity index (χ1n) is 8.41. The molecule has 1 N–H and O–H groups in total. The minimum atomic E-state index is -0.170. The summed E-state index contributed by atoms with van der Waals surface area (Å²) >= 11 is 0. The van der Waals surface area contributed by atoms with Crippen molar-refractivity contribution < 1.29 is 9.90 Å². The molecule has 122 valence electrons. The SMILES string of the molecule is O=C(CCCn1cccn1)N1CCN([C@@H]2CCC[C@@H]2O)CC1. The van der Waals surface area contributed by atoms with Gasteiger partial charge in [0.1, 0.15) is 0 Å². The standard InChI is InChI=1S/C16H26N4O2/c21-15-5-1-4-14(15)18-10-12-19(13-11-18)16(22)6-2-8-20-9-3-7-17-20/h3,7,9,14-15,21H,1-2,4-6,8,10-13H2/t14-,15+/m1/s1. The quantitative estimate of drug-likeness (QED) is 0.871. The number of rotatable bonds is 5. The first-order chi connectivity index (χ1) is 10.7. The van der Waals surface area contributed by atoms with E-state index in [9.17, 15) is 9.90 Å². The van der Waals surface area contributed by atoms with Crippen LogP contribution in [0.4, 0.5) is 0 Å². The number of carbonyl (C=O) groups excluding carboxylic acids is 1. The molecule has 2 fully saturated rings. The van der Waals surface area contributed by atoms with E-state index in [1.54, 1.807) is 6.20 Å². The Morgan fingerprint density at radius 3 is 2.68 bits per heavy atom. The maximum absolute atomic E-state index is 12.2. The predicted octanol–water partition coefficient (Wildman–Crippen LogP) is 0.721. The molecule has 0 spiro atoms. The topological polar surface area (TPSA) is 61.6 Å². The molecular weight excluding hydrogens is 280 g/mol. The summed E-state index contributed by atoms with van der Waals surface area (Å²) in [6, 6.07) is 2.22. The fourth-order valence-electron chi connectivity index (χ4n) is 3.63. The van der Waals surface area contributed by atoms with E-state index in [-0.39, 0.29) is 12.0 Å². The summed E-state index contributed by atoms with van der Waals surface area (Å²) in [7, 11) is 0. The molecule has 3 rings (SSSR count). The summed E-state index contributed by atoms with van der Waals surface area (Å²) in [5.41, 5.74) is 0. The van der Waals surface area contributed by atoms with Crippen LogP contribution < -0.4 is 0 Å². The van der Waals surface area contributed by atoms with Crippen LogP contribution in [0.3, 0.4) is 0 Å². The Morgan fingerprint density at radius 2 is 2.05 bits per heavy atom. The Bertz CT molecular complexity index is 469. The number of nitrogens with zero attached hydrogens (tertiary/aromatic N) is 4. The van der Waals surface area contributed by atoms with Crippen molar-refractivity contribution >= 4 is 5.91 Å². The summed E-state index contributed by atoms with van der Waals surface area (Å²) in [5.74, 6) is 0.249. The summed E-state index contributed by atoms with van der Waals surface area (Å²) < 4.78 is 1.87. The van der Waals surface area contributed by atoms with E-state index in [1.165, 1.54) is 0 Å². The lowest BCUT2D eigenvalue weighted by Gasteiger charge is -2.39. The van der Waals surface area contributed by atoms with E-state index in [2.05, 4.69) is 10.00 Å². The van der Waals surface area contributed by atoms with Gasteiger partial charge in [-0.15, -0.1) is 0 Å². The number of piperazine rings is 1. The van der Waals surface area contributed by atoms with Crippen LogP contribution >= 0.6 is 0 Å². The molecule has 1 aliphatic carbocycles. The molecular formula is C16H26N4O2. The van der Waals surface area contributed by atoms with Gasteiger partial charge in [-0.3, -0.25) is 14.4 Å². The molecule has 1 saturated heterocycles. The number of aliphatic hydroxyl groups excluding tert-OH is 1. The fraction of sp³-hybridized carbons (Fsp3) is 0.750. The van der Waals surface area contributed by atoms with Gasteiger partial charge in [-0.05, 0) is 31.7 Å². The lowest BCUT2D eigenvalue weighted by Crippen LogP contribution is -2.53. The number of hydrogen-bond acceptors (Lipinski definition) is 4. The zero-order chi connectivity index (χ0) is 15.4. The Labute approximate surface area is 131 Å². The summed E-state index contributed by atoms with van der Waals surface area (Å²) in [4.78, 5) is 16.6. The number of amides is 1. The molecule has 0 radical (unpaired) electrons. The van der Waals surface area contributed by atoms with Gasteiger partial charge in [-0.1, -0.05) is 0 Å². The number of aliphatic hydroxyl groups is 1. The van der Waals surface area contributed by atoms with E-state index in [4.69, 9.17) is 0 Å². The average Bonchev–Trinajstić information content (AvgIpc) is 3.19. The van der Waals surface area contributed by atoms with Crippen molar-refractivity contribution in [2.45, 2.75) is 50.8 Å². The smallest absolute Gasteiger partial charge is 0.222 e. The van der Waals surface area contributed by atoms with Gasteiger partial charge >= 0.3 is 0 Å². The van der Waals surface area contributed by atoms with Gasteiger partial charge in [-0.25, -0.2) is 0 Å².